The second-order valence-corrected chi connectivity index (χ2v) is 5.73. The van der Waals surface area contributed by atoms with Gasteiger partial charge in [0.25, 0.3) is 0 Å². The van der Waals surface area contributed by atoms with Crippen molar-refractivity contribution in [3.05, 3.63) is 0 Å². The second-order valence-electron chi connectivity index (χ2n) is 5.73. The fraction of sp³-hybridized carbons (Fsp3) is 0.909. The molecule has 1 aliphatic carbocycles. The third kappa shape index (κ3) is 2.09. The molecule has 0 aromatic carbocycles. The quantitative estimate of drug-likeness (QED) is 0.661. The van der Waals surface area contributed by atoms with E-state index in [0.717, 1.165) is 12.8 Å². The minimum atomic E-state index is -0.436. The smallest absolute Gasteiger partial charge is 0.410 e. The van der Waals surface area contributed by atoms with Crippen LogP contribution in [0.5, 0.6) is 0 Å². The van der Waals surface area contributed by atoms with E-state index in [2.05, 4.69) is 0 Å². The number of hydrogen-bond donors (Lipinski definition) is 1. The summed E-state index contributed by atoms with van der Waals surface area (Å²) in [6.07, 6.45) is 1.29. The van der Waals surface area contributed by atoms with Crippen molar-refractivity contribution in [1.82, 2.24) is 4.90 Å². The van der Waals surface area contributed by atoms with Crippen LogP contribution in [0.4, 0.5) is 4.79 Å². The van der Waals surface area contributed by atoms with E-state index in [1.54, 1.807) is 4.90 Å². The number of amides is 1. The van der Waals surface area contributed by atoms with Crippen molar-refractivity contribution in [2.75, 3.05) is 13.1 Å². The molecular weight excluding hydrogens is 194 g/mol. The molecule has 0 aromatic heterocycles. The summed E-state index contributed by atoms with van der Waals surface area (Å²) in [4.78, 5) is 13.4. The van der Waals surface area contributed by atoms with Gasteiger partial charge in [-0.25, -0.2) is 4.79 Å². The Bertz CT molecular complexity index is 284. The molecule has 2 unspecified atom stereocenters. The van der Waals surface area contributed by atoms with Crippen molar-refractivity contribution >= 4 is 6.09 Å². The van der Waals surface area contributed by atoms with Crippen LogP contribution in [-0.4, -0.2) is 40.9 Å². The summed E-state index contributed by atoms with van der Waals surface area (Å²) in [6, 6.07) is 0. The van der Waals surface area contributed by atoms with Gasteiger partial charge in [-0.15, -0.1) is 0 Å². The minimum Gasteiger partial charge on any atom is -0.444 e. The lowest BCUT2D eigenvalue weighted by atomic mass is 10.1. The standard InChI is InChI=1S/C11H19NO3/c1-10(2,3)15-9(14)12-5-4-11(7-12)6-8(11)13/h8,13H,4-7H2,1-3H3. The van der Waals surface area contributed by atoms with E-state index >= 15 is 0 Å². The highest BCUT2D eigenvalue weighted by Gasteiger charge is 2.58. The first-order chi connectivity index (χ1) is 6.82. The third-order valence-electron chi connectivity index (χ3n) is 3.18. The Morgan fingerprint density at radius 1 is 1.53 bits per heavy atom. The van der Waals surface area contributed by atoms with Gasteiger partial charge in [0.2, 0.25) is 0 Å². The molecule has 1 amide bonds. The molecule has 2 fully saturated rings. The van der Waals surface area contributed by atoms with Crippen LogP contribution < -0.4 is 0 Å². The van der Waals surface area contributed by atoms with E-state index in [9.17, 15) is 9.90 Å². The number of nitrogens with zero attached hydrogens (tertiary/aromatic N) is 1. The molecule has 1 heterocycles. The lowest BCUT2D eigenvalue weighted by molar-refractivity contribution is 0.0281. The van der Waals surface area contributed by atoms with Crippen LogP contribution in [-0.2, 0) is 4.74 Å². The van der Waals surface area contributed by atoms with Gasteiger partial charge < -0.3 is 14.7 Å². The highest BCUT2D eigenvalue weighted by atomic mass is 16.6. The van der Waals surface area contributed by atoms with Gasteiger partial charge in [0.05, 0.1) is 6.10 Å². The van der Waals surface area contributed by atoms with Gasteiger partial charge in [0.1, 0.15) is 5.60 Å². The summed E-state index contributed by atoms with van der Waals surface area (Å²) in [7, 11) is 0. The van der Waals surface area contributed by atoms with Crippen molar-refractivity contribution in [3.63, 3.8) is 0 Å². The zero-order chi connectivity index (χ0) is 11.3. The molecule has 1 spiro atoms. The molecule has 1 saturated carbocycles. The van der Waals surface area contributed by atoms with Crippen molar-refractivity contribution in [1.29, 1.82) is 0 Å². The molecule has 2 atom stereocenters. The third-order valence-corrected chi connectivity index (χ3v) is 3.18. The molecule has 2 rings (SSSR count). The van der Waals surface area contributed by atoms with Crippen molar-refractivity contribution in [3.8, 4) is 0 Å². The Balaban J connectivity index is 1.89. The predicted octanol–water partition coefficient (Wildman–Crippen LogP) is 1.38. The lowest BCUT2D eigenvalue weighted by Gasteiger charge is -2.24. The normalized spacial score (nSPS) is 34.7. The van der Waals surface area contributed by atoms with Crippen LogP contribution in [0.3, 0.4) is 0 Å². The van der Waals surface area contributed by atoms with Crippen LogP contribution in [0.25, 0.3) is 0 Å². The predicted molar refractivity (Wildman–Crippen MR) is 55.5 cm³/mol. The van der Waals surface area contributed by atoms with E-state index in [1.165, 1.54) is 0 Å². The number of carbonyl (C=O) groups excluding carboxylic acids is 1. The van der Waals surface area contributed by atoms with Gasteiger partial charge in [0.15, 0.2) is 0 Å². The Hall–Kier alpha value is -0.770. The maximum Gasteiger partial charge on any atom is 0.410 e. The maximum atomic E-state index is 11.7. The second kappa shape index (κ2) is 3.11. The van der Waals surface area contributed by atoms with Gasteiger partial charge in [0, 0.05) is 18.5 Å². The van der Waals surface area contributed by atoms with E-state index in [4.69, 9.17) is 4.74 Å². The largest absolute Gasteiger partial charge is 0.444 e. The van der Waals surface area contributed by atoms with Gasteiger partial charge in [-0.05, 0) is 33.6 Å². The zero-order valence-corrected chi connectivity index (χ0v) is 9.62. The van der Waals surface area contributed by atoms with E-state index in [0.29, 0.717) is 13.1 Å². The first-order valence-corrected chi connectivity index (χ1v) is 5.48. The van der Waals surface area contributed by atoms with Crippen LogP contribution in [0.1, 0.15) is 33.6 Å². The first-order valence-electron chi connectivity index (χ1n) is 5.48. The van der Waals surface area contributed by atoms with Gasteiger partial charge in [-0.1, -0.05) is 0 Å². The number of aliphatic hydroxyl groups is 1. The number of ether oxygens (including phenoxy) is 1. The molecule has 0 aromatic rings. The highest BCUT2D eigenvalue weighted by molar-refractivity contribution is 5.68. The maximum absolute atomic E-state index is 11.7. The fourth-order valence-corrected chi connectivity index (χ4v) is 2.14. The molecule has 0 bridgehead atoms. The van der Waals surface area contributed by atoms with Crippen LogP contribution in [0.15, 0.2) is 0 Å². The average Bonchev–Trinajstić information content (AvgIpc) is 2.55. The van der Waals surface area contributed by atoms with Crippen LogP contribution in [0, 0.1) is 5.41 Å². The van der Waals surface area contributed by atoms with Crippen molar-refractivity contribution < 1.29 is 14.6 Å². The van der Waals surface area contributed by atoms with Gasteiger partial charge in [-0.3, -0.25) is 0 Å². The topological polar surface area (TPSA) is 49.8 Å². The molecular formula is C11H19NO3. The fourth-order valence-electron chi connectivity index (χ4n) is 2.14. The summed E-state index contributed by atoms with van der Waals surface area (Å²) in [5.74, 6) is 0. The average molecular weight is 213 g/mol. The molecule has 4 nitrogen and oxygen atoms in total. The molecule has 1 saturated heterocycles. The number of hydrogen-bond acceptors (Lipinski definition) is 3. The molecule has 86 valence electrons. The summed E-state index contributed by atoms with van der Waals surface area (Å²) in [5, 5.41) is 9.47. The monoisotopic (exact) mass is 213 g/mol. The van der Waals surface area contributed by atoms with E-state index in [-0.39, 0.29) is 17.6 Å². The Labute approximate surface area is 90.2 Å². The lowest BCUT2D eigenvalue weighted by Crippen LogP contribution is -2.35. The van der Waals surface area contributed by atoms with Gasteiger partial charge >= 0.3 is 6.09 Å². The van der Waals surface area contributed by atoms with E-state index < -0.39 is 5.60 Å². The molecule has 4 heteroatoms. The first kappa shape index (κ1) is 10.7. The van der Waals surface area contributed by atoms with Gasteiger partial charge in [-0.2, -0.15) is 0 Å². The van der Waals surface area contributed by atoms with Crippen LogP contribution in [0.2, 0.25) is 0 Å². The molecule has 15 heavy (non-hydrogen) atoms. The summed E-state index contributed by atoms with van der Waals surface area (Å²) >= 11 is 0. The molecule has 0 radical (unpaired) electrons. The number of rotatable bonds is 0. The molecule has 2 aliphatic rings. The van der Waals surface area contributed by atoms with Crippen molar-refractivity contribution in [2.45, 2.75) is 45.3 Å². The Kier molecular flexibility index (Phi) is 2.23. The van der Waals surface area contributed by atoms with E-state index in [1.807, 2.05) is 20.8 Å². The number of carbonyl (C=O) groups is 1. The highest BCUT2D eigenvalue weighted by Crippen LogP contribution is 2.52. The van der Waals surface area contributed by atoms with Crippen LogP contribution >= 0.6 is 0 Å². The van der Waals surface area contributed by atoms with Crippen molar-refractivity contribution in [2.24, 2.45) is 5.41 Å². The number of likely N-dealkylation sites (tertiary alicyclic amines) is 1. The minimum absolute atomic E-state index is 0.0108. The SMILES string of the molecule is CC(C)(C)OC(=O)N1CCC2(CC2O)C1. The summed E-state index contributed by atoms with van der Waals surface area (Å²) in [6.45, 7) is 6.96. The summed E-state index contributed by atoms with van der Waals surface area (Å²) in [5.41, 5.74) is -0.425. The Morgan fingerprint density at radius 2 is 2.13 bits per heavy atom. The Morgan fingerprint density at radius 3 is 2.53 bits per heavy atom. The zero-order valence-electron chi connectivity index (χ0n) is 9.62. The number of aliphatic hydroxyl groups excluding tert-OH is 1. The summed E-state index contributed by atoms with van der Waals surface area (Å²) < 4.78 is 5.28. The molecule has 1 aliphatic heterocycles. The molecule has 1 N–H and O–H groups in total.